The molecule has 1 rings (SSSR count). The minimum absolute atomic E-state index is 0.0664. The highest BCUT2D eigenvalue weighted by atomic mass is 16.5. The summed E-state index contributed by atoms with van der Waals surface area (Å²) >= 11 is 0. The van der Waals surface area contributed by atoms with Crippen molar-refractivity contribution < 1.29 is 4.74 Å². The Morgan fingerprint density at radius 1 is 1.40 bits per heavy atom. The average molecular weight is 203 g/mol. The second-order valence-electron chi connectivity index (χ2n) is 4.13. The van der Waals surface area contributed by atoms with E-state index < -0.39 is 5.60 Å². The largest absolute Gasteiger partial charge is 0.485 e. The third-order valence-corrected chi connectivity index (χ3v) is 2.51. The van der Waals surface area contributed by atoms with Gasteiger partial charge in [-0.25, -0.2) is 0 Å². The van der Waals surface area contributed by atoms with Gasteiger partial charge < -0.3 is 10.5 Å². The van der Waals surface area contributed by atoms with Crippen LogP contribution in [0.1, 0.15) is 26.3 Å². The number of ether oxygens (including phenoxy) is 1. The molecule has 2 N–H and O–H groups in total. The van der Waals surface area contributed by atoms with Gasteiger partial charge in [0.15, 0.2) is 0 Å². The van der Waals surface area contributed by atoms with E-state index in [9.17, 15) is 0 Å². The number of benzene rings is 1. The highest BCUT2D eigenvalue weighted by molar-refractivity contribution is 5.44. The smallest absolute Gasteiger partial charge is 0.135 e. The lowest BCUT2D eigenvalue weighted by molar-refractivity contribution is 0.0857. The minimum atomic E-state index is -0.424. The zero-order valence-electron chi connectivity index (χ0n) is 9.45. The van der Waals surface area contributed by atoms with Gasteiger partial charge in [0.2, 0.25) is 0 Å². The van der Waals surface area contributed by atoms with Crippen molar-refractivity contribution in [3.8, 4) is 18.1 Å². The van der Waals surface area contributed by atoms with E-state index in [1.807, 2.05) is 45.0 Å². The monoisotopic (exact) mass is 203 g/mol. The van der Waals surface area contributed by atoms with Crippen LogP contribution in [-0.4, -0.2) is 11.6 Å². The third-order valence-electron chi connectivity index (χ3n) is 2.51. The van der Waals surface area contributed by atoms with E-state index >= 15 is 0 Å². The molecule has 0 saturated heterocycles. The molecule has 0 aromatic heterocycles. The zero-order valence-corrected chi connectivity index (χ0v) is 9.45. The van der Waals surface area contributed by atoms with Crippen molar-refractivity contribution in [1.82, 2.24) is 0 Å². The summed E-state index contributed by atoms with van der Waals surface area (Å²) in [7, 11) is 0. The third kappa shape index (κ3) is 2.74. The zero-order chi connectivity index (χ0) is 11.5. The van der Waals surface area contributed by atoms with Crippen LogP contribution in [0.4, 0.5) is 0 Å². The predicted molar refractivity (Wildman–Crippen MR) is 62.7 cm³/mol. The molecule has 80 valence electrons. The molecule has 0 fully saturated rings. The maximum Gasteiger partial charge on any atom is 0.135 e. The van der Waals surface area contributed by atoms with Crippen molar-refractivity contribution >= 4 is 0 Å². The van der Waals surface area contributed by atoms with Crippen molar-refractivity contribution in [2.75, 3.05) is 0 Å². The topological polar surface area (TPSA) is 35.2 Å². The molecule has 0 bridgehead atoms. The molecule has 1 aromatic carbocycles. The highest BCUT2D eigenvalue weighted by Crippen LogP contribution is 2.23. The van der Waals surface area contributed by atoms with Gasteiger partial charge in [0, 0.05) is 6.04 Å². The van der Waals surface area contributed by atoms with Crippen molar-refractivity contribution in [2.45, 2.75) is 32.4 Å². The van der Waals surface area contributed by atoms with E-state index in [1.54, 1.807) is 0 Å². The quantitative estimate of drug-likeness (QED) is 0.764. The Labute approximate surface area is 91.4 Å². The maximum atomic E-state index is 5.83. The summed E-state index contributed by atoms with van der Waals surface area (Å²) in [5.41, 5.74) is 6.16. The number of para-hydroxylation sites is 1. The second kappa shape index (κ2) is 4.37. The standard InChI is InChI=1S/C13H17NO/c1-5-11-8-6-7-9-12(11)15-13(3,4)10(2)14/h1,6-10H,14H2,2-4H3. The van der Waals surface area contributed by atoms with Gasteiger partial charge in [-0.3, -0.25) is 0 Å². The Bertz CT molecular complexity index is 374. The number of rotatable bonds is 3. The van der Waals surface area contributed by atoms with Crippen LogP contribution in [0.25, 0.3) is 0 Å². The Balaban J connectivity index is 2.95. The molecule has 1 unspecified atom stereocenters. The Kier molecular flexibility index (Phi) is 3.39. The summed E-state index contributed by atoms with van der Waals surface area (Å²) in [6.07, 6.45) is 5.38. The fourth-order valence-electron chi connectivity index (χ4n) is 1.05. The molecule has 1 atom stereocenters. The van der Waals surface area contributed by atoms with Crippen molar-refractivity contribution in [3.05, 3.63) is 29.8 Å². The lowest BCUT2D eigenvalue weighted by Crippen LogP contribution is -2.45. The summed E-state index contributed by atoms with van der Waals surface area (Å²) in [5.74, 6) is 3.30. The first-order valence-corrected chi connectivity index (χ1v) is 4.97. The molecule has 0 spiro atoms. The lowest BCUT2D eigenvalue weighted by Gasteiger charge is -2.30. The first kappa shape index (κ1) is 11.6. The van der Waals surface area contributed by atoms with Crippen LogP contribution in [-0.2, 0) is 0 Å². The lowest BCUT2D eigenvalue weighted by atomic mass is 10.0. The normalized spacial score (nSPS) is 13.0. The molecule has 0 amide bonds. The average Bonchev–Trinajstić information content (AvgIpc) is 2.18. The van der Waals surface area contributed by atoms with E-state index in [0.717, 1.165) is 5.56 Å². The molecule has 0 saturated carbocycles. The first-order chi connectivity index (χ1) is 6.97. The highest BCUT2D eigenvalue weighted by Gasteiger charge is 2.25. The van der Waals surface area contributed by atoms with Gasteiger partial charge in [-0.1, -0.05) is 18.1 Å². The number of terminal acetylenes is 1. The molecule has 15 heavy (non-hydrogen) atoms. The van der Waals surface area contributed by atoms with Gasteiger partial charge in [-0.2, -0.15) is 0 Å². The molecule has 0 heterocycles. The van der Waals surface area contributed by atoms with Crippen LogP contribution in [0.15, 0.2) is 24.3 Å². The summed E-state index contributed by atoms with van der Waals surface area (Å²) < 4.78 is 5.82. The fourth-order valence-corrected chi connectivity index (χ4v) is 1.05. The minimum Gasteiger partial charge on any atom is -0.485 e. The van der Waals surface area contributed by atoms with Crippen molar-refractivity contribution in [1.29, 1.82) is 0 Å². The van der Waals surface area contributed by atoms with E-state index in [0.29, 0.717) is 5.75 Å². The van der Waals surface area contributed by atoms with Gasteiger partial charge in [0.25, 0.3) is 0 Å². The van der Waals surface area contributed by atoms with E-state index in [1.165, 1.54) is 0 Å². The molecule has 2 heteroatoms. The Morgan fingerprint density at radius 3 is 2.53 bits per heavy atom. The number of nitrogens with two attached hydrogens (primary N) is 1. The van der Waals surface area contributed by atoms with Crippen LogP contribution < -0.4 is 10.5 Å². The number of hydrogen-bond donors (Lipinski definition) is 1. The molecular formula is C13H17NO. The van der Waals surface area contributed by atoms with Crippen LogP contribution >= 0.6 is 0 Å². The number of hydrogen-bond acceptors (Lipinski definition) is 2. The Morgan fingerprint density at radius 2 is 2.00 bits per heavy atom. The summed E-state index contributed by atoms with van der Waals surface area (Å²) in [6, 6.07) is 7.43. The maximum absolute atomic E-state index is 5.83. The second-order valence-corrected chi connectivity index (χ2v) is 4.13. The molecular weight excluding hydrogens is 186 g/mol. The van der Waals surface area contributed by atoms with Gasteiger partial charge in [0.05, 0.1) is 5.56 Å². The molecule has 2 nitrogen and oxygen atoms in total. The van der Waals surface area contributed by atoms with E-state index in [2.05, 4.69) is 5.92 Å². The van der Waals surface area contributed by atoms with Crippen LogP contribution in [0, 0.1) is 12.3 Å². The Hall–Kier alpha value is -1.46. The summed E-state index contributed by atoms with van der Waals surface area (Å²) in [5, 5.41) is 0. The molecule has 0 aliphatic carbocycles. The van der Waals surface area contributed by atoms with Gasteiger partial charge in [-0.15, -0.1) is 6.42 Å². The van der Waals surface area contributed by atoms with E-state index in [-0.39, 0.29) is 6.04 Å². The van der Waals surface area contributed by atoms with Gasteiger partial charge in [-0.05, 0) is 32.9 Å². The van der Waals surface area contributed by atoms with Gasteiger partial charge in [0.1, 0.15) is 11.4 Å². The predicted octanol–water partition coefficient (Wildman–Crippen LogP) is 2.17. The van der Waals surface area contributed by atoms with Gasteiger partial charge >= 0.3 is 0 Å². The van der Waals surface area contributed by atoms with E-state index in [4.69, 9.17) is 16.9 Å². The van der Waals surface area contributed by atoms with Crippen molar-refractivity contribution in [3.63, 3.8) is 0 Å². The van der Waals surface area contributed by atoms with Crippen LogP contribution in [0.5, 0.6) is 5.75 Å². The molecule has 1 aromatic rings. The van der Waals surface area contributed by atoms with Crippen LogP contribution in [0.3, 0.4) is 0 Å². The first-order valence-electron chi connectivity index (χ1n) is 4.97. The fraction of sp³-hybridized carbons (Fsp3) is 0.385. The molecule has 0 radical (unpaired) electrons. The van der Waals surface area contributed by atoms with Crippen molar-refractivity contribution in [2.24, 2.45) is 5.73 Å². The molecule has 0 aliphatic heterocycles. The summed E-state index contributed by atoms with van der Waals surface area (Å²) in [4.78, 5) is 0. The van der Waals surface area contributed by atoms with Crippen LogP contribution in [0.2, 0.25) is 0 Å². The molecule has 0 aliphatic rings. The SMILES string of the molecule is C#Cc1ccccc1OC(C)(C)C(C)N. The summed E-state index contributed by atoms with van der Waals surface area (Å²) in [6.45, 7) is 5.81.